The van der Waals surface area contributed by atoms with Crippen LogP contribution in [0.5, 0.6) is 0 Å². The molecule has 0 saturated carbocycles. The van der Waals surface area contributed by atoms with E-state index in [0.717, 1.165) is 18.4 Å². The minimum Gasteiger partial charge on any atom is -0.395 e. The summed E-state index contributed by atoms with van der Waals surface area (Å²) in [6.45, 7) is 2.30. The Labute approximate surface area is 393 Å². The number of hydrogen-bond acceptors (Lipinski definition) is 8. The van der Waals surface area contributed by atoms with E-state index in [-0.39, 0.29) is 73.4 Å². The molecule has 54 heavy (non-hydrogen) atoms. The van der Waals surface area contributed by atoms with Gasteiger partial charge in [-0.25, -0.2) is 0 Å². The Balaban J connectivity index is 1.99. The van der Waals surface area contributed by atoms with Crippen LogP contribution in [0.2, 0.25) is 0 Å². The van der Waals surface area contributed by atoms with Crippen molar-refractivity contribution in [1.82, 2.24) is 26.2 Å². The van der Waals surface area contributed by atoms with Crippen molar-refractivity contribution in [3.05, 3.63) is 49.2 Å². The quantitative estimate of drug-likeness (QED) is 0.0565. The number of benzene rings is 2. The standard InChI is InChI=1S/C32H37I6N9O7/c1-13-20(33)16(27(50)41-2)22(35)17(21(13)34)29(52)44-12-15(49)46-26-24(37)18(28(51)42-8-11-48)23(36)19(25(26)38)30(53)45-14(6-5-7-43-32(39)40)31(54)47-9-3-4-10-47/h14,48H,3-12H2,1-2H3,(H,41,50)(H,42,51)(H,44,52)(H,45,53)(H,46,49)(H4,39,40,43). The average Bonchev–Trinajstić information content (AvgIpc) is 3.67. The molecule has 1 aliphatic rings. The second-order valence-corrected chi connectivity index (χ2v) is 18.2. The largest absolute Gasteiger partial charge is 0.395 e. The summed E-state index contributed by atoms with van der Waals surface area (Å²) in [5, 5.41) is 22.8. The normalized spacial score (nSPS) is 12.8. The molecule has 22 heteroatoms. The summed E-state index contributed by atoms with van der Waals surface area (Å²) in [6, 6.07) is -0.921. The zero-order valence-corrected chi connectivity index (χ0v) is 41.8. The van der Waals surface area contributed by atoms with Crippen LogP contribution in [0, 0.1) is 28.3 Å². The van der Waals surface area contributed by atoms with Gasteiger partial charge in [0.25, 0.3) is 23.6 Å². The van der Waals surface area contributed by atoms with Crippen LogP contribution in [0.3, 0.4) is 0 Å². The third kappa shape index (κ3) is 11.7. The molecule has 0 radical (unpaired) electrons. The molecule has 294 valence electrons. The number of carbonyl (C=O) groups excluding carboxylic acids is 6. The number of halogens is 6. The molecule has 1 heterocycles. The van der Waals surface area contributed by atoms with Gasteiger partial charge >= 0.3 is 0 Å². The molecule has 2 aromatic carbocycles. The first kappa shape index (κ1) is 47.2. The van der Waals surface area contributed by atoms with Crippen molar-refractivity contribution in [3.63, 3.8) is 0 Å². The molecule has 0 bridgehead atoms. The zero-order chi connectivity index (χ0) is 40.4. The van der Waals surface area contributed by atoms with Gasteiger partial charge in [-0.15, -0.1) is 0 Å². The predicted octanol–water partition coefficient (Wildman–Crippen LogP) is 2.85. The van der Waals surface area contributed by atoms with Crippen molar-refractivity contribution >= 4 is 183 Å². The first-order valence-corrected chi connectivity index (χ1v) is 22.7. The predicted molar refractivity (Wildman–Crippen MR) is 255 cm³/mol. The van der Waals surface area contributed by atoms with Crippen LogP contribution >= 0.6 is 136 Å². The topological polar surface area (TPSA) is 250 Å². The molecule has 1 unspecified atom stereocenters. The minimum atomic E-state index is -0.921. The molecule has 0 aromatic heterocycles. The summed E-state index contributed by atoms with van der Waals surface area (Å²) < 4.78 is 2.62. The Morgan fingerprint density at radius 1 is 0.778 bits per heavy atom. The monoisotopic (exact) mass is 1420 g/mol. The summed E-state index contributed by atoms with van der Waals surface area (Å²) in [6.07, 6.45) is 2.34. The number of nitrogens with one attached hydrogen (secondary N) is 5. The maximum absolute atomic E-state index is 14.1. The lowest BCUT2D eigenvalue weighted by Gasteiger charge is -2.25. The molecule has 1 saturated heterocycles. The summed E-state index contributed by atoms with van der Waals surface area (Å²) in [5.74, 6) is -3.17. The van der Waals surface area contributed by atoms with E-state index in [4.69, 9.17) is 11.5 Å². The Morgan fingerprint density at radius 2 is 1.30 bits per heavy atom. The fraction of sp³-hybridized carbons (Fsp3) is 0.406. The van der Waals surface area contributed by atoms with E-state index in [1.807, 2.05) is 113 Å². The van der Waals surface area contributed by atoms with E-state index >= 15 is 0 Å². The number of nitrogens with zero attached hydrogens (tertiary/aromatic N) is 2. The molecule has 6 amide bonds. The second-order valence-electron chi connectivity index (χ2n) is 11.7. The third-order valence-corrected chi connectivity index (χ3v) is 15.0. The van der Waals surface area contributed by atoms with Gasteiger partial charge in [-0.1, -0.05) is 0 Å². The minimum absolute atomic E-state index is 0.0498. The van der Waals surface area contributed by atoms with Crippen LogP contribution in [0.4, 0.5) is 5.69 Å². The molecular weight excluding hydrogens is 1380 g/mol. The first-order chi connectivity index (χ1) is 25.5. The summed E-state index contributed by atoms with van der Waals surface area (Å²) in [7, 11) is 1.50. The van der Waals surface area contributed by atoms with Crippen LogP contribution in [0.1, 0.15) is 72.7 Å². The second kappa shape index (κ2) is 22.1. The van der Waals surface area contributed by atoms with Crippen molar-refractivity contribution in [2.24, 2.45) is 16.5 Å². The van der Waals surface area contributed by atoms with Crippen LogP contribution in [0.25, 0.3) is 0 Å². The fourth-order valence-corrected chi connectivity index (χ4v) is 13.9. The van der Waals surface area contributed by atoms with Crippen LogP contribution < -0.4 is 38.1 Å². The van der Waals surface area contributed by atoms with Gasteiger partial charge in [-0.05, 0) is 174 Å². The number of anilines is 1. The maximum atomic E-state index is 14.1. The highest BCUT2D eigenvalue weighted by molar-refractivity contribution is 14.1. The van der Waals surface area contributed by atoms with Gasteiger partial charge in [0, 0.05) is 47.5 Å². The van der Waals surface area contributed by atoms with E-state index in [0.29, 0.717) is 39.4 Å². The van der Waals surface area contributed by atoms with Crippen molar-refractivity contribution < 1.29 is 33.9 Å². The Morgan fingerprint density at radius 3 is 1.83 bits per heavy atom. The number of aliphatic imine (C=N–C) groups is 1. The number of likely N-dealkylation sites (tertiary alicyclic amines) is 1. The number of carbonyl (C=O) groups is 6. The van der Waals surface area contributed by atoms with Crippen molar-refractivity contribution in [2.45, 2.75) is 38.6 Å². The maximum Gasteiger partial charge on any atom is 0.254 e. The molecule has 1 fully saturated rings. The van der Waals surface area contributed by atoms with Crippen molar-refractivity contribution in [3.8, 4) is 0 Å². The molecule has 3 rings (SSSR count). The van der Waals surface area contributed by atoms with Crippen LogP contribution in [-0.2, 0) is 9.59 Å². The molecule has 1 aliphatic heterocycles. The Kier molecular flexibility index (Phi) is 19.4. The van der Waals surface area contributed by atoms with Gasteiger partial charge < -0.3 is 48.1 Å². The molecule has 1 atom stereocenters. The van der Waals surface area contributed by atoms with E-state index in [9.17, 15) is 33.9 Å². The molecular formula is C32H37I6N9O7. The zero-order valence-electron chi connectivity index (χ0n) is 28.9. The number of hydrogen-bond donors (Lipinski definition) is 8. The fourth-order valence-electron chi connectivity index (χ4n) is 5.32. The van der Waals surface area contributed by atoms with Gasteiger partial charge in [0.15, 0.2) is 5.96 Å². The van der Waals surface area contributed by atoms with Crippen molar-refractivity contribution in [1.29, 1.82) is 0 Å². The average molecular weight is 1420 g/mol. The summed E-state index contributed by atoms with van der Waals surface area (Å²) >= 11 is 11.7. The number of aliphatic hydroxyl groups excluding tert-OH is 1. The number of aliphatic hydroxyl groups is 1. The molecule has 0 aliphatic carbocycles. The van der Waals surface area contributed by atoms with Gasteiger partial charge in [-0.2, -0.15) is 0 Å². The van der Waals surface area contributed by atoms with E-state index in [1.54, 1.807) is 11.8 Å². The number of guanidine groups is 1. The van der Waals surface area contributed by atoms with E-state index in [1.165, 1.54) is 7.05 Å². The van der Waals surface area contributed by atoms with Crippen molar-refractivity contribution in [2.75, 3.05) is 51.7 Å². The van der Waals surface area contributed by atoms with Gasteiger partial charge in [0.1, 0.15) is 6.04 Å². The molecule has 2 aromatic rings. The van der Waals surface area contributed by atoms with E-state index in [2.05, 4.69) is 54.2 Å². The summed E-state index contributed by atoms with van der Waals surface area (Å²) in [4.78, 5) is 86.5. The Hall–Kier alpha value is -1.13. The highest BCUT2D eigenvalue weighted by atomic mass is 127. The Bertz CT molecular complexity index is 1870. The van der Waals surface area contributed by atoms with Crippen LogP contribution in [0.15, 0.2) is 4.99 Å². The van der Waals surface area contributed by atoms with Gasteiger partial charge in [0.05, 0.1) is 48.2 Å². The molecule has 10 N–H and O–H groups in total. The molecule has 16 nitrogen and oxygen atoms in total. The van der Waals surface area contributed by atoms with Crippen LogP contribution in [-0.4, -0.2) is 104 Å². The molecule has 0 spiro atoms. The number of rotatable bonds is 15. The first-order valence-electron chi connectivity index (χ1n) is 16.2. The summed E-state index contributed by atoms with van der Waals surface area (Å²) in [5.41, 5.74) is 12.5. The third-order valence-electron chi connectivity index (χ3n) is 8.03. The lowest BCUT2D eigenvalue weighted by atomic mass is 10.0. The lowest BCUT2D eigenvalue weighted by molar-refractivity contribution is -0.132. The SMILES string of the molecule is CNC(=O)c1c(I)c(C)c(I)c(C(=O)NCC(=O)Nc2c(I)c(C(=O)NCCO)c(I)c(C(=O)NC(CCCN=C(N)N)C(=O)N3CCCC3)c2I)c1I. The van der Waals surface area contributed by atoms with Gasteiger partial charge in [-0.3, -0.25) is 33.8 Å². The smallest absolute Gasteiger partial charge is 0.254 e. The van der Waals surface area contributed by atoms with Gasteiger partial charge in [0.2, 0.25) is 11.8 Å². The van der Waals surface area contributed by atoms with E-state index < -0.39 is 36.2 Å². The number of amides is 6. The highest BCUT2D eigenvalue weighted by Gasteiger charge is 2.33. The highest BCUT2D eigenvalue weighted by Crippen LogP contribution is 2.36. The number of nitrogens with two attached hydrogens (primary N) is 2. The lowest BCUT2D eigenvalue weighted by Crippen LogP contribution is -2.48.